The van der Waals surface area contributed by atoms with E-state index in [9.17, 15) is 19.7 Å². The highest BCUT2D eigenvalue weighted by Gasteiger charge is 2.35. The van der Waals surface area contributed by atoms with Gasteiger partial charge >= 0.3 is 0 Å². The van der Waals surface area contributed by atoms with Gasteiger partial charge in [0.25, 0.3) is 17.5 Å². The van der Waals surface area contributed by atoms with Crippen LogP contribution in [0, 0.1) is 24.0 Å². The molecule has 0 radical (unpaired) electrons. The van der Waals surface area contributed by atoms with Crippen molar-refractivity contribution >= 4 is 46.6 Å². The van der Waals surface area contributed by atoms with Crippen molar-refractivity contribution in [1.82, 2.24) is 9.88 Å². The summed E-state index contributed by atoms with van der Waals surface area (Å²) >= 11 is 5.25. The van der Waals surface area contributed by atoms with Crippen molar-refractivity contribution in [2.24, 2.45) is 0 Å². The number of methoxy groups -OCH3 is 2. The van der Waals surface area contributed by atoms with Crippen LogP contribution >= 0.6 is 12.2 Å². The number of nitrogens with one attached hydrogen (secondary N) is 1. The molecule has 2 aromatic carbocycles. The Kier molecular flexibility index (Phi) is 6.58. The SMILES string of the molecule is COc1ccc(N2C(=O)/C(=C/c3cc(C)n(-c4ccc(OC)cc4[N+](=O)[O-])c3C)C(=O)NC2=S)cc1. The minimum atomic E-state index is -0.630. The average molecular weight is 507 g/mol. The maximum Gasteiger partial charge on any atom is 0.296 e. The van der Waals surface area contributed by atoms with Crippen LogP contribution in [0.15, 0.2) is 54.1 Å². The van der Waals surface area contributed by atoms with Gasteiger partial charge in [0.2, 0.25) is 0 Å². The molecule has 0 bridgehead atoms. The van der Waals surface area contributed by atoms with E-state index in [-0.39, 0.29) is 16.4 Å². The molecule has 184 valence electrons. The number of amides is 2. The lowest BCUT2D eigenvalue weighted by molar-refractivity contribution is -0.384. The van der Waals surface area contributed by atoms with E-state index in [0.29, 0.717) is 39.8 Å². The van der Waals surface area contributed by atoms with Crippen molar-refractivity contribution in [3.05, 3.63) is 81.2 Å². The molecule has 1 aromatic heterocycles. The van der Waals surface area contributed by atoms with Gasteiger partial charge in [0, 0.05) is 11.4 Å². The smallest absolute Gasteiger partial charge is 0.296 e. The summed E-state index contributed by atoms with van der Waals surface area (Å²) in [7, 11) is 2.96. The van der Waals surface area contributed by atoms with Gasteiger partial charge in [-0.2, -0.15) is 0 Å². The van der Waals surface area contributed by atoms with Crippen LogP contribution in [0.3, 0.4) is 0 Å². The lowest BCUT2D eigenvalue weighted by Crippen LogP contribution is -2.54. The zero-order valence-corrected chi connectivity index (χ0v) is 20.7. The van der Waals surface area contributed by atoms with Crippen LogP contribution in [0.4, 0.5) is 11.4 Å². The van der Waals surface area contributed by atoms with E-state index in [1.165, 1.54) is 31.3 Å². The van der Waals surface area contributed by atoms with Gasteiger partial charge in [0.1, 0.15) is 22.8 Å². The third-order valence-electron chi connectivity index (χ3n) is 5.82. The predicted molar refractivity (Wildman–Crippen MR) is 138 cm³/mol. The number of carbonyl (C=O) groups excluding carboxylic acids is 2. The van der Waals surface area contributed by atoms with Gasteiger partial charge in [-0.1, -0.05) is 0 Å². The highest BCUT2D eigenvalue weighted by molar-refractivity contribution is 7.80. The summed E-state index contributed by atoms with van der Waals surface area (Å²) in [5.74, 6) is -0.257. The van der Waals surface area contributed by atoms with E-state index >= 15 is 0 Å². The van der Waals surface area contributed by atoms with Crippen molar-refractivity contribution in [1.29, 1.82) is 0 Å². The highest BCUT2D eigenvalue weighted by Crippen LogP contribution is 2.32. The molecule has 1 aliphatic heterocycles. The molecular formula is C25H22N4O6S. The molecule has 10 nitrogen and oxygen atoms in total. The molecule has 2 heterocycles. The minimum absolute atomic E-state index is 0.0355. The van der Waals surface area contributed by atoms with Gasteiger partial charge in [-0.05, 0) is 80.2 Å². The van der Waals surface area contributed by atoms with Gasteiger partial charge in [-0.25, -0.2) is 0 Å². The third kappa shape index (κ3) is 4.31. The molecule has 0 unspecified atom stereocenters. The van der Waals surface area contributed by atoms with Crippen molar-refractivity contribution in [2.75, 3.05) is 19.1 Å². The molecule has 1 saturated heterocycles. The topological polar surface area (TPSA) is 116 Å². The van der Waals surface area contributed by atoms with Gasteiger partial charge in [0.15, 0.2) is 5.11 Å². The lowest BCUT2D eigenvalue weighted by Gasteiger charge is -2.29. The van der Waals surface area contributed by atoms with Crippen LogP contribution in [-0.4, -0.2) is 40.6 Å². The quantitative estimate of drug-likeness (QED) is 0.177. The van der Waals surface area contributed by atoms with E-state index in [4.69, 9.17) is 21.7 Å². The predicted octanol–water partition coefficient (Wildman–Crippen LogP) is 3.85. The first-order chi connectivity index (χ1) is 17.2. The van der Waals surface area contributed by atoms with E-state index in [2.05, 4.69) is 5.32 Å². The first-order valence-electron chi connectivity index (χ1n) is 10.7. The Morgan fingerprint density at radius 2 is 1.64 bits per heavy atom. The molecule has 4 rings (SSSR count). The van der Waals surface area contributed by atoms with Crippen molar-refractivity contribution in [3.63, 3.8) is 0 Å². The number of carbonyl (C=O) groups is 2. The molecule has 1 aliphatic rings. The number of nitro benzene ring substituents is 1. The number of ether oxygens (including phenoxy) is 2. The van der Waals surface area contributed by atoms with Crippen LogP contribution in [0.25, 0.3) is 11.8 Å². The van der Waals surface area contributed by atoms with Crippen LogP contribution in [-0.2, 0) is 9.59 Å². The number of anilines is 1. The number of rotatable bonds is 6. The number of benzene rings is 2. The van der Waals surface area contributed by atoms with Crippen LogP contribution in [0.1, 0.15) is 17.0 Å². The molecular weight excluding hydrogens is 484 g/mol. The maximum atomic E-state index is 13.4. The molecule has 36 heavy (non-hydrogen) atoms. The molecule has 1 fully saturated rings. The largest absolute Gasteiger partial charge is 0.497 e. The maximum absolute atomic E-state index is 13.4. The summed E-state index contributed by atoms with van der Waals surface area (Å²) in [6, 6.07) is 13.0. The summed E-state index contributed by atoms with van der Waals surface area (Å²) in [5, 5.41) is 14.3. The molecule has 0 aliphatic carbocycles. The molecule has 0 spiro atoms. The summed E-state index contributed by atoms with van der Waals surface area (Å²) in [4.78, 5) is 38.6. The Hall–Kier alpha value is -4.51. The first kappa shape index (κ1) is 24.6. The van der Waals surface area contributed by atoms with Gasteiger partial charge in [-0.15, -0.1) is 0 Å². The first-order valence-corrected chi connectivity index (χ1v) is 11.1. The zero-order chi connectivity index (χ0) is 26.1. The second kappa shape index (κ2) is 9.62. The van der Waals surface area contributed by atoms with E-state index in [1.807, 2.05) is 0 Å². The normalized spacial score (nSPS) is 14.7. The number of aromatic nitrogens is 1. The fourth-order valence-electron chi connectivity index (χ4n) is 4.05. The summed E-state index contributed by atoms with van der Waals surface area (Å²) in [5.41, 5.74) is 2.38. The average Bonchev–Trinajstić information content (AvgIpc) is 3.13. The fourth-order valence-corrected chi connectivity index (χ4v) is 4.33. The number of aryl methyl sites for hydroxylation is 1. The number of hydrogen-bond donors (Lipinski definition) is 1. The fraction of sp³-hybridized carbons (Fsp3) is 0.160. The lowest BCUT2D eigenvalue weighted by atomic mass is 10.1. The second-order valence-corrected chi connectivity index (χ2v) is 8.32. The molecule has 0 atom stereocenters. The van der Waals surface area contributed by atoms with Crippen molar-refractivity contribution in [3.8, 4) is 17.2 Å². The van der Waals surface area contributed by atoms with Gasteiger partial charge in [0.05, 0.1) is 30.9 Å². The Labute approximate surface area is 211 Å². The monoisotopic (exact) mass is 506 g/mol. The highest BCUT2D eigenvalue weighted by atomic mass is 32.1. The third-order valence-corrected chi connectivity index (χ3v) is 6.11. The second-order valence-electron chi connectivity index (χ2n) is 7.93. The number of nitro groups is 1. The molecule has 2 amide bonds. The van der Waals surface area contributed by atoms with E-state index in [1.54, 1.807) is 60.9 Å². The Bertz CT molecular complexity index is 1440. The van der Waals surface area contributed by atoms with Crippen LogP contribution in [0.5, 0.6) is 11.5 Å². The standard InChI is InChI=1S/C25H22N4O6S/c1-14-11-16(15(2)27(14)21-10-9-19(35-4)13-22(21)29(32)33)12-20-23(30)26-25(36)28(24(20)31)17-5-7-18(34-3)8-6-17/h5-13H,1-4H3,(H,26,30,36)/b20-12+. The number of nitrogens with zero attached hydrogens (tertiary/aromatic N) is 3. The number of hydrogen-bond acceptors (Lipinski definition) is 7. The Morgan fingerprint density at radius 1 is 1.00 bits per heavy atom. The van der Waals surface area contributed by atoms with Gasteiger partial charge < -0.3 is 14.0 Å². The minimum Gasteiger partial charge on any atom is -0.497 e. The molecule has 3 aromatic rings. The molecule has 0 saturated carbocycles. The summed E-state index contributed by atoms with van der Waals surface area (Å²) in [6.07, 6.45) is 1.46. The zero-order valence-electron chi connectivity index (χ0n) is 19.9. The van der Waals surface area contributed by atoms with Crippen LogP contribution < -0.4 is 19.7 Å². The Balaban J connectivity index is 1.78. The van der Waals surface area contributed by atoms with Crippen LogP contribution in [0.2, 0.25) is 0 Å². The van der Waals surface area contributed by atoms with Gasteiger partial charge in [-0.3, -0.25) is 29.9 Å². The van der Waals surface area contributed by atoms with E-state index in [0.717, 1.165) is 0 Å². The molecule has 11 heteroatoms. The Morgan fingerprint density at radius 3 is 2.25 bits per heavy atom. The van der Waals surface area contributed by atoms with Crippen molar-refractivity contribution in [2.45, 2.75) is 13.8 Å². The molecule has 1 N–H and O–H groups in total. The van der Waals surface area contributed by atoms with E-state index < -0.39 is 16.7 Å². The van der Waals surface area contributed by atoms with Crippen molar-refractivity contribution < 1.29 is 24.0 Å². The number of thiocarbonyl (C=S) groups is 1. The summed E-state index contributed by atoms with van der Waals surface area (Å²) in [6.45, 7) is 3.54. The summed E-state index contributed by atoms with van der Waals surface area (Å²) < 4.78 is 12.0.